The Morgan fingerprint density at radius 2 is 2.06 bits per heavy atom. The zero-order valence-corrected chi connectivity index (χ0v) is 8.31. The summed E-state index contributed by atoms with van der Waals surface area (Å²) in [7, 11) is 0. The first kappa shape index (κ1) is 10.4. The second kappa shape index (κ2) is 4.57. The molecule has 0 fully saturated rings. The normalized spacial score (nSPS) is 9.81. The van der Waals surface area contributed by atoms with Gasteiger partial charge in [0.2, 0.25) is 0 Å². The molecule has 0 aliphatic carbocycles. The summed E-state index contributed by atoms with van der Waals surface area (Å²) in [5, 5.41) is 0. The van der Waals surface area contributed by atoms with E-state index in [9.17, 15) is 9.18 Å². The van der Waals surface area contributed by atoms with Crippen LogP contribution in [0.15, 0.2) is 48.5 Å². The summed E-state index contributed by atoms with van der Waals surface area (Å²) in [5.74, 6) is -0.745. The van der Waals surface area contributed by atoms with E-state index in [2.05, 4.69) is 6.07 Å². The van der Waals surface area contributed by atoms with Crippen molar-refractivity contribution in [2.24, 2.45) is 0 Å². The molecule has 2 aromatic rings. The van der Waals surface area contributed by atoms with Gasteiger partial charge in [0, 0.05) is 6.07 Å². The van der Waals surface area contributed by atoms with Gasteiger partial charge in [0.1, 0.15) is 11.6 Å². The number of para-hydroxylation sites is 1. The van der Waals surface area contributed by atoms with E-state index in [4.69, 9.17) is 4.74 Å². The first-order valence-corrected chi connectivity index (χ1v) is 4.70. The van der Waals surface area contributed by atoms with Crippen molar-refractivity contribution in [2.45, 2.75) is 0 Å². The number of esters is 1. The Bertz CT molecular complexity index is 494. The van der Waals surface area contributed by atoms with Gasteiger partial charge in [-0.3, -0.25) is 0 Å². The van der Waals surface area contributed by atoms with Crippen LogP contribution in [0.3, 0.4) is 0 Å². The fraction of sp³-hybridized carbons (Fsp3) is 0. The molecule has 79 valence electrons. The quantitative estimate of drug-likeness (QED) is 0.568. The van der Waals surface area contributed by atoms with E-state index in [0.29, 0.717) is 5.75 Å². The van der Waals surface area contributed by atoms with Crippen molar-refractivity contribution in [3.05, 3.63) is 66.0 Å². The van der Waals surface area contributed by atoms with Gasteiger partial charge in [-0.1, -0.05) is 24.3 Å². The van der Waals surface area contributed by atoms with Crippen molar-refractivity contribution in [1.29, 1.82) is 0 Å². The molecular weight excluding hydrogens is 207 g/mol. The molecule has 2 rings (SSSR count). The SMILES string of the molecule is O=C(Oc1[c]cccc1)c1cccc(F)c1. The predicted molar refractivity (Wildman–Crippen MR) is 56.6 cm³/mol. The van der Waals surface area contributed by atoms with Crippen LogP contribution in [0, 0.1) is 11.9 Å². The second-order valence-electron chi connectivity index (χ2n) is 3.13. The summed E-state index contributed by atoms with van der Waals surface area (Å²) in [5.41, 5.74) is 0.178. The minimum atomic E-state index is -0.595. The Morgan fingerprint density at radius 3 is 2.75 bits per heavy atom. The van der Waals surface area contributed by atoms with Gasteiger partial charge in [-0.2, -0.15) is 0 Å². The molecule has 0 aromatic heterocycles. The lowest BCUT2D eigenvalue weighted by Crippen LogP contribution is -2.08. The molecule has 2 nitrogen and oxygen atoms in total. The molecule has 0 heterocycles. The lowest BCUT2D eigenvalue weighted by atomic mass is 10.2. The van der Waals surface area contributed by atoms with Crippen LogP contribution in [0.1, 0.15) is 10.4 Å². The highest BCUT2D eigenvalue weighted by Gasteiger charge is 2.08. The maximum atomic E-state index is 12.9. The zero-order valence-electron chi connectivity index (χ0n) is 8.31. The van der Waals surface area contributed by atoms with E-state index in [-0.39, 0.29) is 5.56 Å². The van der Waals surface area contributed by atoms with E-state index in [0.717, 1.165) is 6.07 Å². The summed E-state index contributed by atoms with van der Waals surface area (Å²) >= 11 is 0. The Kier molecular flexibility index (Phi) is 2.96. The predicted octanol–water partition coefficient (Wildman–Crippen LogP) is 2.85. The molecule has 0 atom stereocenters. The Hall–Kier alpha value is -2.16. The molecule has 0 saturated heterocycles. The maximum Gasteiger partial charge on any atom is 0.343 e. The molecule has 0 saturated carbocycles. The Labute approximate surface area is 92.3 Å². The monoisotopic (exact) mass is 215 g/mol. The Morgan fingerprint density at radius 1 is 1.19 bits per heavy atom. The molecule has 3 heteroatoms. The van der Waals surface area contributed by atoms with Gasteiger partial charge in [-0.15, -0.1) is 0 Å². The minimum Gasteiger partial charge on any atom is -0.422 e. The molecule has 0 bridgehead atoms. The fourth-order valence-corrected chi connectivity index (χ4v) is 1.21. The van der Waals surface area contributed by atoms with Gasteiger partial charge in [-0.25, -0.2) is 9.18 Å². The van der Waals surface area contributed by atoms with Crippen molar-refractivity contribution in [2.75, 3.05) is 0 Å². The molecule has 0 aliphatic heterocycles. The van der Waals surface area contributed by atoms with Crippen LogP contribution in [0.4, 0.5) is 4.39 Å². The summed E-state index contributed by atoms with van der Waals surface area (Å²) < 4.78 is 17.8. The third kappa shape index (κ3) is 2.45. The molecule has 0 N–H and O–H groups in total. The van der Waals surface area contributed by atoms with Gasteiger partial charge in [0.15, 0.2) is 0 Å². The molecule has 0 unspecified atom stereocenters. The molecule has 0 amide bonds. The Balaban J connectivity index is 2.15. The van der Waals surface area contributed by atoms with Crippen molar-refractivity contribution < 1.29 is 13.9 Å². The van der Waals surface area contributed by atoms with E-state index < -0.39 is 11.8 Å². The van der Waals surface area contributed by atoms with E-state index in [1.807, 2.05) is 0 Å². The van der Waals surface area contributed by atoms with E-state index in [1.54, 1.807) is 24.3 Å². The zero-order chi connectivity index (χ0) is 11.4. The number of hydrogen-bond acceptors (Lipinski definition) is 2. The smallest absolute Gasteiger partial charge is 0.343 e. The van der Waals surface area contributed by atoms with Crippen LogP contribution in [-0.4, -0.2) is 5.97 Å². The third-order valence-corrected chi connectivity index (χ3v) is 1.94. The van der Waals surface area contributed by atoms with Gasteiger partial charge >= 0.3 is 5.97 Å². The first-order chi connectivity index (χ1) is 7.75. The number of benzene rings is 2. The highest BCUT2D eigenvalue weighted by atomic mass is 19.1. The molecular formula is C13H8FO2. The molecule has 0 aliphatic rings. The number of ether oxygens (including phenoxy) is 1. The number of rotatable bonds is 2. The van der Waals surface area contributed by atoms with E-state index >= 15 is 0 Å². The molecule has 16 heavy (non-hydrogen) atoms. The summed E-state index contributed by atoms with van der Waals surface area (Å²) in [4.78, 5) is 11.6. The van der Waals surface area contributed by atoms with Crippen molar-refractivity contribution >= 4 is 5.97 Å². The highest BCUT2D eigenvalue weighted by molar-refractivity contribution is 5.90. The molecule has 2 aromatic carbocycles. The van der Waals surface area contributed by atoms with Crippen LogP contribution in [0.25, 0.3) is 0 Å². The van der Waals surface area contributed by atoms with Crippen LogP contribution in [-0.2, 0) is 0 Å². The minimum absolute atomic E-state index is 0.178. The lowest BCUT2D eigenvalue weighted by Gasteiger charge is -2.03. The number of halogens is 1. The summed E-state index contributed by atoms with van der Waals surface area (Å²) in [6.07, 6.45) is 0. The highest BCUT2D eigenvalue weighted by Crippen LogP contribution is 2.11. The van der Waals surface area contributed by atoms with Crippen LogP contribution in [0.5, 0.6) is 5.75 Å². The molecule has 0 spiro atoms. The maximum absolute atomic E-state index is 12.9. The van der Waals surface area contributed by atoms with E-state index in [1.165, 1.54) is 18.2 Å². The average Bonchev–Trinajstić information content (AvgIpc) is 2.30. The molecule has 1 radical (unpaired) electrons. The third-order valence-electron chi connectivity index (χ3n) is 1.94. The topological polar surface area (TPSA) is 26.3 Å². The number of hydrogen-bond donors (Lipinski definition) is 0. The number of carbonyl (C=O) groups excluding carboxylic acids is 1. The second-order valence-corrected chi connectivity index (χ2v) is 3.13. The lowest BCUT2D eigenvalue weighted by molar-refractivity contribution is 0.0734. The van der Waals surface area contributed by atoms with Crippen LogP contribution >= 0.6 is 0 Å². The van der Waals surface area contributed by atoms with Crippen LogP contribution in [0.2, 0.25) is 0 Å². The fourth-order valence-electron chi connectivity index (χ4n) is 1.21. The average molecular weight is 215 g/mol. The van der Waals surface area contributed by atoms with Gasteiger partial charge in [0.25, 0.3) is 0 Å². The van der Waals surface area contributed by atoms with Gasteiger partial charge in [0.05, 0.1) is 5.56 Å². The van der Waals surface area contributed by atoms with Gasteiger partial charge in [-0.05, 0) is 24.3 Å². The van der Waals surface area contributed by atoms with Crippen LogP contribution < -0.4 is 4.74 Å². The van der Waals surface area contributed by atoms with Crippen molar-refractivity contribution in [1.82, 2.24) is 0 Å². The van der Waals surface area contributed by atoms with Crippen molar-refractivity contribution in [3.63, 3.8) is 0 Å². The largest absolute Gasteiger partial charge is 0.422 e. The van der Waals surface area contributed by atoms with Crippen molar-refractivity contribution in [3.8, 4) is 5.75 Å². The summed E-state index contributed by atoms with van der Waals surface area (Å²) in [6, 6.07) is 14.8. The summed E-state index contributed by atoms with van der Waals surface area (Å²) in [6.45, 7) is 0. The van der Waals surface area contributed by atoms with Gasteiger partial charge < -0.3 is 4.74 Å². The number of carbonyl (C=O) groups is 1. The first-order valence-electron chi connectivity index (χ1n) is 4.70. The standard InChI is InChI=1S/C13H8FO2/c14-11-6-4-5-10(9-11)13(15)16-12-7-2-1-3-8-12/h1-7,9H.